The van der Waals surface area contributed by atoms with Crippen molar-refractivity contribution in [3.05, 3.63) is 18.0 Å². The molecule has 1 aromatic heterocycles. The SMILES string of the molecule is Cc1ccnn1C[C@H](C)C(=O)N[C@H](C)CN1CCCCCC1. The Balaban J connectivity index is 1.76. The normalized spacial score (nSPS) is 19.4. The smallest absolute Gasteiger partial charge is 0.224 e. The van der Waals surface area contributed by atoms with E-state index in [1.807, 2.05) is 24.6 Å². The highest BCUT2D eigenvalue weighted by Crippen LogP contribution is 2.10. The van der Waals surface area contributed by atoms with Crippen LogP contribution in [0.5, 0.6) is 0 Å². The lowest BCUT2D eigenvalue weighted by Gasteiger charge is -2.25. The van der Waals surface area contributed by atoms with Gasteiger partial charge in [0.05, 0.1) is 12.5 Å². The van der Waals surface area contributed by atoms with E-state index in [2.05, 4.69) is 22.2 Å². The van der Waals surface area contributed by atoms with Crippen molar-refractivity contribution < 1.29 is 4.79 Å². The molecule has 5 heteroatoms. The number of carbonyl (C=O) groups excluding carboxylic acids is 1. The van der Waals surface area contributed by atoms with Gasteiger partial charge in [-0.15, -0.1) is 0 Å². The number of nitrogens with zero attached hydrogens (tertiary/aromatic N) is 3. The lowest BCUT2D eigenvalue weighted by atomic mass is 10.1. The summed E-state index contributed by atoms with van der Waals surface area (Å²) in [6.45, 7) is 10.0. The Labute approximate surface area is 134 Å². The second kappa shape index (κ2) is 8.32. The summed E-state index contributed by atoms with van der Waals surface area (Å²) in [6, 6.07) is 2.17. The van der Waals surface area contributed by atoms with Crippen LogP contribution in [0, 0.1) is 12.8 Å². The monoisotopic (exact) mass is 306 g/mol. The average molecular weight is 306 g/mol. The summed E-state index contributed by atoms with van der Waals surface area (Å²) < 4.78 is 1.89. The number of carbonyl (C=O) groups is 1. The van der Waals surface area contributed by atoms with Crippen LogP contribution in [-0.4, -0.2) is 46.3 Å². The summed E-state index contributed by atoms with van der Waals surface area (Å²) in [4.78, 5) is 14.8. The van der Waals surface area contributed by atoms with E-state index in [4.69, 9.17) is 0 Å². The molecule has 0 saturated carbocycles. The van der Waals surface area contributed by atoms with Crippen LogP contribution in [0.1, 0.15) is 45.2 Å². The van der Waals surface area contributed by atoms with Crippen molar-refractivity contribution >= 4 is 5.91 Å². The molecule has 124 valence electrons. The zero-order valence-electron chi connectivity index (χ0n) is 14.2. The molecule has 1 aliphatic heterocycles. The molecule has 0 aromatic carbocycles. The van der Waals surface area contributed by atoms with Gasteiger partial charge >= 0.3 is 0 Å². The van der Waals surface area contributed by atoms with Crippen LogP contribution in [0.4, 0.5) is 0 Å². The van der Waals surface area contributed by atoms with Crippen molar-refractivity contribution in [1.82, 2.24) is 20.0 Å². The van der Waals surface area contributed by atoms with Gasteiger partial charge in [0.1, 0.15) is 0 Å². The Hall–Kier alpha value is -1.36. The van der Waals surface area contributed by atoms with Gasteiger partial charge in [0.25, 0.3) is 0 Å². The van der Waals surface area contributed by atoms with E-state index < -0.39 is 0 Å². The molecule has 0 unspecified atom stereocenters. The highest BCUT2D eigenvalue weighted by molar-refractivity contribution is 5.78. The third kappa shape index (κ3) is 5.13. The third-order valence-electron chi connectivity index (χ3n) is 4.44. The molecule has 2 rings (SSSR count). The van der Waals surface area contributed by atoms with Crippen molar-refractivity contribution in [1.29, 1.82) is 0 Å². The Morgan fingerprint density at radius 3 is 2.50 bits per heavy atom. The van der Waals surface area contributed by atoms with Gasteiger partial charge in [0.15, 0.2) is 0 Å². The first-order valence-corrected chi connectivity index (χ1v) is 8.57. The van der Waals surface area contributed by atoms with Crippen LogP contribution < -0.4 is 5.32 Å². The number of nitrogens with one attached hydrogen (secondary N) is 1. The molecule has 1 aromatic rings. The maximum atomic E-state index is 12.3. The van der Waals surface area contributed by atoms with E-state index in [-0.39, 0.29) is 17.9 Å². The molecule has 22 heavy (non-hydrogen) atoms. The molecule has 1 amide bonds. The number of amides is 1. The summed E-state index contributed by atoms with van der Waals surface area (Å²) in [5, 5.41) is 7.41. The summed E-state index contributed by atoms with van der Waals surface area (Å²) in [7, 11) is 0. The Bertz CT molecular complexity index is 463. The highest BCUT2D eigenvalue weighted by Gasteiger charge is 2.18. The van der Waals surface area contributed by atoms with Gasteiger partial charge in [-0.3, -0.25) is 9.48 Å². The molecule has 0 aliphatic carbocycles. The average Bonchev–Trinajstić information content (AvgIpc) is 2.73. The van der Waals surface area contributed by atoms with Crippen LogP contribution in [-0.2, 0) is 11.3 Å². The minimum Gasteiger partial charge on any atom is -0.352 e. The molecule has 2 atom stereocenters. The predicted octanol–water partition coefficient (Wildman–Crippen LogP) is 2.21. The maximum absolute atomic E-state index is 12.3. The van der Waals surface area contributed by atoms with Crippen LogP contribution >= 0.6 is 0 Å². The highest BCUT2D eigenvalue weighted by atomic mass is 16.1. The minimum absolute atomic E-state index is 0.0646. The van der Waals surface area contributed by atoms with Crippen LogP contribution in [0.15, 0.2) is 12.3 Å². The zero-order chi connectivity index (χ0) is 15.9. The van der Waals surface area contributed by atoms with Crippen molar-refractivity contribution in [3.63, 3.8) is 0 Å². The largest absolute Gasteiger partial charge is 0.352 e. The molecule has 1 aliphatic rings. The minimum atomic E-state index is -0.0646. The number of aromatic nitrogens is 2. The predicted molar refractivity (Wildman–Crippen MR) is 88.6 cm³/mol. The first-order valence-electron chi connectivity index (χ1n) is 8.57. The topological polar surface area (TPSA) is 50.2 Å². The van der Waals surface area contributed by atoms with Crippen molar-refractivity contribution in [2.75, 3.05) is 19.6 Å². The molecule has 0 bridgehead atoms. The van der Waals surface area contributed by atoms with E-state index in [0.29, 0.717) is 6.54 Å². The van der Waals surface area contributed by atoms with Gasteiger partial charge in [0.2, 0.25) is 5.91 Å². The first-order chi connectivity index (χ1) is 10.6. The van der Waals surface area contributed by atoms with Crippen LogP contribution in [0.25, 0.3) is 0 Å². The van der Waals surface area contributed by atoms with Crippen molar-refractivity contribution in [3.8, 4) is 0 Å². The van der Waals surface area contributed by atoms with Crippen molar-refractivity contribution in [2.24, 2.45) is 5.92 Å². The molecular weight excluding hydrogens is 276 g/mol. The second-order valence-corrected chi connectivity index (χ2v) is 6.68. The molecule has 1 saturated heterocycles. The molecule has 0 radical (unpaired) electrons. The maximum Gasteiger partial charge on any atom is 0.224 e. The molecule has 5 nitrogen and oxygen atoms in total. The van der Waals surface area contributed by atoms with Gasteiger partial charge in [-0.25, -0.2) is 0 Å². The van der Waals surface area contributed by atoms with E-state index in [1.165, 1.54) is 38.8 Å². The van der Waals surface area contributed by atoms with E-state index in [9.17, 15) is 4.79 Å². The van der Waals surface area contributed by atoms with Gasteiger partial charge in [-0.1, -0.05) is 19.8 Å². The lowest BCUT2D eigenvalue weighted by Crippen LogP contribution is -2.44. The number of rotatable bonds is 6. The van der Waals surface area contributed by atoms with Crippen LogP contribution in [0.2, 0.25) is 0 Å². The second-order valence-electron chi connectivity index (χ2n) is 6.68. The summed E-state index contributed by atoms with van der Waals surface area (Å²) in [5.74, 6) is 0.0578. The van der Waals surface area contributed by atoms with E-state index in [0.717, 1.165) is 12.2 Å². The van der Waals surface area contributed by atoms with Crippen molar-refractivity contribution in [2.45, 2.75) is 59.0 Å². The van der Waals surface area contributed by atoms with Crippen LogP contribution in [0.3, 0.4) is 0 Å². The van der Waals surface area contributed by atoms with E-state index >= 15 is 0 Å². The molecule has 2 heterocycles. The number of likely N-dealkylation sites (tertiary alicyclic amines) is 1. The summed E-state index contributed by atoms with van der Waals surface area (Å²) in [6.07, 6.45) is 7.04. The molecule has 1 fully saturated rings. The fourth-order valence-electron chi connectivity index (χ4n) is 3.07. The zero-order valence-corrected chi connectivity index (χ0v) is 14.2. The molecule has 1 N–H and O–H groups in total. The Morgan fingerprint density at radius 1 is 1.23 bits per heavy atom. The fourth-order valence-corrected chi connectivity index (χ4v) is 3.07. The quantitative estimate of drug-likeness (QED) is 0.876. The summed E-state index contributed by atoms with van der Waals surface area (Å²) in [5.41, 5.74) is 1.09. The number of hydrogen-bond acceptors (Lipinski definition) is 3. The molecule has 0 spiro atoms. The standard InChI is InChI=1S/C17H30N4O/c1-14(12-21-16(3)8-9-18-21)17(22)19-15(2)13-20-10-6-4-5-7-11-20/h8-9,14-15H,4-7,10-13H2,1-3H3,(H,19,22)/t14-,15+/m0/s1. The van der Waals surface area contributed by atoms with Gasteiger partial charge in [0, 0.05) is 24.5 Å². The van der Waals surface area contributed by atoms with Gasteiger partial charge < -0.3 is 10.2 Å². The number of aryl methyl sites for hydroxylation is 1. The lowest BCUT2D eigenvalue weighted by molar-refractivity contribution is -0.125. The third-order valence-corrected chi connectivity index (χ3v) is 4.44. The Kier molecular flexibility index (Phi) is 6.43. The van der Waals surface area contributed by atoms with E-state index in [1.54, 1.807) is 6.20 Å². The molecular formula is C17H30N4O. The fraction of sp³-hybridized carbons (Fsp3) is 0.765. The Morgan fingerprint density at radius 2 is 1.91 bits per heavy atom. The number of hydrogen-bond donors (Lipinski definition) is 1. The van der Waals surface area contributed by atoms with Gasteiger partial charge in [-0.2, -0.15) is 5.10 Å². The van der Waals surface area contributed by atoms with Gasteiger partial charge in [-0.05, 0) is 45.8 Å². The first kappa shape index (κ1) is 17.0. The summed E-state index contributed by atoms with van der Waals surface area (Å²) >= 11 is 0.